The van der Waals surface area contributed by atoms with Crippen LogP contribution in [0.25, 0.3) is 0 Å². The summed E-state index contributed by atoms with van der Waals surface area (Å²) >= 11 is 0. The summed E-state index contributed by atoms with van der Waals surface area (Å²) in [6.45, 7) is 1.92. The fraction of sp³-hybridized carbons (Fsp3) is 0.0588. The zero-order chi connectivity index (χ0) is 16.6. The minimum atomic E-state index is 0.388. The Hall–Kier alpha value is -3.48. The number of amidine groups is 1. The number of pyridine rings is 3. The molecule has 1 N–H and O–H groups in total. The van der Waals surface area contributed by atoms with Gasteiger partial charge in [-0.05, 0) is 42.8 Å². The molecule has 3 heterocycles. The Morgan fingerprint density at radius 2 is 1.83 bits per heavy atom. The third-order valence-electron chi connectivity index (χ3n) is 3.08. The standard InChI is InChI=1S/C17H15N7/c1-13-6-4-11-20-16(13)22-24-17(14-7-5-9-18-12-14)23-21-15-8-2-3-10-19-15/h2-12H,1H3,(H,19,21). The van der Waals surface area contributed by atoms with E-state index in [4.69, 9.17) is 0 Å². The van der Waals surface area contributed by atoms with Crippen molar-refractivity contribution in [3.8, 4) is 0 Å². The number of aromatic nitrogens is 3. The number of hydrazone groups is 1. The number of nitrogens with one attached hydrogen (secondary N) is 1. The molecule has 0 aliphatic carbocycles. The van der Waals surface area contributed by atoms with Gasteiger partial charge >= 0.3 is 0 Å². The predicted octanol–water partition coefficient (Wildman–Crippen LogP) is 3.74. The lowest BCUT2D eigenvalue weighted by atomic mass is 10.3. The Morgan fingerprint density at radius 3 is 2.58 bits per heavy atom. The molecule has 0 aliphatic heterocycles. The smallest absolute Gasteiger partial charge is 0.202 e. The molecule has 3 rings (SSSR count). The van der Waals surface area contributed by atoms with Crippen LogP contribution in [-0.4, -0.2) is 20.8 Å². The van der Waals surface area contributed by atoms with Gasteiger partial charge in [-0.15, -0.1) is 10.2 Å². The number of hydrogen-bond donors (Lipinski definition) is 1. The number of hydrogen-bond acceptors (Lipinski definition) is 6. The molecule has 0 saturated carbocycles. The highest BCUT2D eigenvalue weighted by atomic mass is 15.4. The van der Waals surface area contributed by atoms with Crippen LogP contribution in [0.5, 0.6) is 0 Å². The zero-order valence-corrected chi connectivity index (χ0v) is 13.0. The molecule has 118 valence electrons. The molecule has 3 aromatic heterocycles. The van der Waals surface area contributed by atoms with E-state index in [1.807, 2.05) is 49.4 Å². The van der Waals surface area contributed by atoms with Gasteiger partial charge in [-0.1, -0.05) is 12.1 Å². The highest BCUT2D eigenvalue weighted by Crippen LogP contribution is 2.15. The maximum atomic E-state index is 4.28. The molecular formula is C17H15N7. The van der Waals surface area contributed by atoms with Crippen LogP contribution in [0, 0.1) is 6.92 Å². The van der Waals surface area contributed by atoms with Gasteiger partial charge < -0.3 is 0 Å². The van der Waals surface area contributed by atoms with Crippen LogP contribution in [0.4, 0.5) is 11.6 Å². The third-order valence-corrected chi connectivity index (χ3v) is 3.08. The van der Waals surface area contributed by atoms with Gasteiger partial charge in [-0.2, -0.15) is 5.10 Å². The zero-order valence-electron chi connectivity index (χ0n) is 13.0. The summed E-state index contributed by atoms with van der Waals surface area (Å²) in [6.07, 6.45) is 6.71. The summed E-state index contributed by atoms with van der Waals surface area (Å²) < 4.78 is 0. The van der Waals surface area contributed by atoms with Crippen LogP contribution >= 0.6 is 0 Å². The average Bonchev–Trinajstić information content (AvgIpc) is 2.65. The molecule has 7 heteroatoms. The molecule has 0 atom stereocenters. The van der Waals surface area contributed by atoms with Crippen molar-refractivity contribution in [2.45, 2.75) is 6.92 Å². The predicted molar refractivity (Wildman–Crippen MR) is 92.1 cm³/mol. The second-order valence-corrected chi connectivity index (χ2v) is 4.85. The van der Waals surface area contributed by atoms with E-state index in [0.717, 1.165) is 11.1 Å². The number of azo groups is 1. The van der Waals surface area contributed by atoms with Crippen molar-refractivity contribution in [2.75, 3.05) is 5.43 Å². The van der Waals surface area contributed by atoms with Gasteiger partial charge in [0.05, 0.1) is 0 Å². The molecule has 0 bridgehead atoms. The van der Waals surface area contributed by atoms with E-state index in [0.29, 0.717) is 17.5 Å². The molecule has 0 unspecified atom stereocenters. The average molecular weight is 317 g/mol. The van der Waals surface area contributed by atoms with E-state index >= 15 is 0 Å². The van der Waals surface area contributed by atoms with Crippen molar-refractivity contribution >= 4 is 17.5 Å². The molecule has 0 fully saturated rings. The molecule has 0 saturated heterocycles. The Labute approximate surface area is 139 Å². The summed E-state index contributed by atoms with van der Waals surface area (Å²) in [4.78, 5) is 12.4. The monoisotopic (exact) mass is 317 g/mol. The van der Waals surface area contributed by atoms with Crippen molar-refractivity contribution in [1.82, 2.24) is 15.0 Å². The van der Waals surface area contributed by atoms with E-state index in [2.05, 4.69) is 35.7 Å². The lowest BCUT2D eigenvalue weighted by Crippen LogP contribution is -2.02. The number of nitrogens with zero attached hydrogens (tertiary/aromatic N) is 6. The van der Waals surface area contributed by atoms with Crippen molar-refractivity contribution < 1.29 is 0 Å². The Balaban J connectivity index is 1.89. The molecule has 0 spiro atoms. The molecule has 3 aromatic rings. The first-order valence-electron chi connectivity index (χ1n) is 7.31. The minimum absolute atomic E-state index is 0.388. The summed E-state index contributed by atoms with van der Waals surface area (Å²) in [7, 11) is 0. The highest BCUT2D eigenvalue weighted by Gasteiger charge is 2.04. The molecule has 0 aromatic carbocycles. The largest absolute Gasteiger partial charge is 0.264 e. The lowest BCUT2D eigenvalue weighted by molar-refractivity contribution is 1.13. The van der Waals surface area contributed by atoms with Crippen molar-refractivity contribution in [2.24, 2.45) is 15.3 Å². The first kappa shape index (κ1) is 15.4. The van der Waals surface area contributed by atoms with E-state index in [1.165, 1.54) is 0 Å². The lowest BCUT2D eigenvalue weighted by Gasteiger charge is -2.02. The van der Waals surface area contributed by atoms with Crippen molar-refractivity contribution in [1.29, 1.82) is 0 Å². The molecule has 0 radical (unpaired) electrons. The van der Waals surface area contributed by atoms with Crippen molar-refractivity contribution in [3.63, 3.8) is 0 Å². The number of rotatable bonds is 4. The molecule has 0 aliphatic rings. The highest BCUT2D eigenvalue weighted by molar-refractivity contribution is 5.99. The van der Waals surface area contributed by atoms with Crippen LogP contribution in [0.3, 0.4) is 0 Å². The van der Waals surface area contributed by atoms with Gasteiger partial charge in [0.2, 0.25) is 5.84 Å². The van der Waals surface area contributed by atoms with Crippen LogP contribution in [-0.2, 0) is 0 Å². The van der Waals surface area contributed by atoms with Crippen molar-refractivity contribution in [3.05, 3.63) is 78.4 Å². The van der Waals surface area contributed by atoms with E-state index in [1.54, 1.807) is 24.8 Å². The van der Waals surface area contributed by atoms with Gasteiger partial charge in [-0.25, -0.2) is 9.97 Å². The quantitative estimate of drug-likeness (QED) is 0.343. The Morgan fingerprint density at radius 1 is 0.958 bits per heavy atom. The van der Waals surface area contributed by atoms with Gasteiger partial charge in [0.1, 0.15) is 5.82 Å². The molecule has 24 heavy (non-hydrogen) atoms. The topological polar surface area (TPSA) is 87.8 Å². The van der Waals surface area contributed by atoms with Crippen LogP contribution < -0.4 is 5.43 Å². The van der Waals surface area contributed by atoms with Crippen LogP contribution in [0.1, 0.15) is 11.1 Å². The second-order valence-electron chi connectivity index (χ2n) is 4.85. The molecular weight excluding hydrogens is 302 g/mol. The SMILES string of the molecule is Cc1cccnc1N=NC(=NNc1ccccn1)c1cccnc1. The van der Waals surface area contributed by atoms with Gasteiger partial charge in [0, 0.05) is 30.4 Å². The Kier molecular flexibility index (Phi) is 4.94. The molecule has 0 amide bonds. The summed E-state index contributed by atoms with van der Waals surface area (Å²) in [6, 6.07) is 13.0. The minimum Gasteiger partial charge on any atom is -0.264 e. The normalized spacial score (nSPS) is 11.6. The summed E-state index contributed by atoms with van der Waals surface area (Å²) in [5.74, 6) is 1.55. The Bertz CT molecular complexity index is 845. The van der Waals surface area contributed by atoms with Crippen LogP contribution in [0.2, 0.25) is 0 Å². The van der Waals surface area contributed by atoms with Gasteiger partial charge in [0.25, 0.3) is 0 Å². The van der Waals surface area contributed by atoms with E-state index < -0.39 is 0 Å². The maximum Gasteiger partial charge on any atom is 0.202 e. The molecule has 7 nitrogen and oxygen atoms in total. The van der Waals surface area contributed by atoms with E-state index in [-0.39, 0.29) is 0 Å². The van der Waals surface area contributed by atoms with E-state index in [9.17, 15) is 0 Å². The van der Waals surface area contributed by atoms with Crippen LogP contribution in [0.15, 0.2) is 82.6 Å². The first-order chi connectivity index (χ1) is 11.8. The van der Waals surface area contributed by atoms with Gasteiger partial charge in [0.15, 0.2) is 5.82 Å². The summed E-state index contributed by atoms with van der Waals surface area (Å²) in [5, 5.41) is 12.7. The summed E-state index contributed by atoms with van der Waals surface area (Å²) in [5.41, 5.74) is 4.54. The number of anilines is 1. The number of aryl methyl sites for hydroxylation is 1. The second kappa shape index (κ2) is 7.68. The fourth-order valence-corrected chi connectivity index (χ4v) is 1.86. The fourth-order valence-electron chi connectivity index (χ4n) is 1.86. The maximum absolute atomic E-state index is 4.28. The van der Waals surface area contributed by atoms with Gasteiger partial charge in [-0.3, -0.25) is 10.4 Å². The third kappa shape index (κ3) is 4.04. The first-order valence-corrected chi connectivity index (χ1v) is 7.31.